The van der Waals surface area contributed by atoms with Crippen LogP contribution in [0.1, 0.15) is 36.9 Å². The summed E-state index contributed by atoms with van der Waals surface area (Å²) in [5.74, 6) is 0.637. The Balaban J connectivity index is 2.62. The lowest BCUT2D eigenvalue weighted by Crippen LogP contribution is -2.27. The number of nitrogens with two attached hydrogens (primary N) is 1. The van der Waals surface area contributed by atoms with E-state index in [1.165, 1.54) is 11.3 Å². The standard InChI is InChI=1S/C11H20N4OS/c1-4-7(3)6-14-10(16)8-9(12)15-11(17-8)13-5-2/h7H,4-6,12H2,1-3H3,(H,13,15)(H,14,16). The number of amides is 1. The Labute approximate surface area is 106 Å². The fraction of sp³-hybridized carbons (Fsp3) is 0.636. The molecule has 0 aromatic carbocycles. The molecule has 1 unspecified atom stereocenters. The molecule has 6 heteroatoms. The summed E-state index contributed by atoms with van der Waals surface area (Å²) >= 11 is 1.29. The first-order chi connectivity index (χ1) is 8.08. The minimum Gasteiger partial charge on any atom is -0.382 e. The van der Waals surface area contributed by atoms with E-state index in [1.54, 1.807) is 0 Å². The molecule has 0 spiro atoms. The molecule has 0 saturated heterocycles. The van der Waals surface area contributed by atoms with Gasteiger partial charge in [0.15, 0.2) is 5.13 Å². The van der Waals surface area contributed by atoms with Crippen molar-refractivity contribution >= 4 is 28.2 Å². The summed E-state index contributed by atoms with van der Waals surface area (Å²) in [5, 5.41) is 6.61. The molecule has 1 heterocycles. The maximum atomic E-state index is 11.9. The maximum absolute atomic E-state index is 11.9. The number of anilines is 2. The van der Waals surface area contributed by atoms with Crippen LogP contribution < -0.4 is 16.4 Å². The van der Waals surface area contributed by atoms with E-state index in [4.69, 9.17) is 5.73 Å². The first kappa shape index (κ1) is 13.8. The molecular weight excluding hydrogens is 236 g/mol. The number of aromatic nitrogens is 1. The topological polar surface area (TPSA) is 80.0 Å². The molecule has 0 aliphatic heterocycles. The van der Waals surface area contributed by atoms with E-state index in [-0.39, 0.29) is 5.91 Å². The second-order valence-corrected chi connectivity index (χ2v) is 4.99. The van der Waals surface area contributed by atoms with Crippen LogP contribution in [-0.4, -0.2) is 24.0 Å². The number of rotatable bonds is 6. The highest BCUT2D eigenvalue weighted by Crippen LogP contribution is 2.24. The summed E-state index contributed by atoms with van der Waals surface area (Å²) in [5.41, 5.74) is 5.71. The fourth-order valence-corrected chi connectivity index (χ4v) is 2.08. The van der Waals surface area contributed by atoms with E-state index in [1.807, 2.05) is 6.92 Å². The van der Waals surface area contributed by atoms with Gasteiger partial charge in [-0.2, -0.15) is 0 Å². The molecule has 0 bridgehead atoms. The van der Waals surface area contributed by atoms with Crippen LogP contribution in [0, 0.1) is 5.92 Å². The summed E-state index contributed by atoms with van der Waals surface area (Å²) in [4.78, 5) is 16.4. The van der Waals surface area contributed by atoms with Gasteiger partial charge in [-0.05, 0) is 12.8 Å². The third-order valence-electron chi connectivity index (χ3n) is 2.50. The molecule has 0 aliphatic carbocycles. The minimum atomic E-state index is -0.135. The summed E-state index contributed by atoms with van der Waals surface area (Å²) in [6.45, 7) is 7.60. The SMILES string of the molecule is CCNc1nc(N)c(C(=O)NCC(C)CC)s1. The van der Waals surface area contributed by atoms with Crippen molar-refractivity contribution in [1.82, 2.24) is 10.3 Å². The van der Waals surface area contributed by atoms with Crippen molar-refractivity contribution in [3.8, 4) is 0 Å². The van der Waals surface area contributed by atoms with Crippen LogP contribution in [0.4, 0.5) is 10.9 Å². The lowest BCUT2D eigenvalue weighted by atomic mass is 10.1. The molecular formula is C11H20N4OS. The zero-order chi connectivity index (χ0) is 12.8. The van der Waals surface area contributed by atoms with Gasteiger partial charge in [-0.25, -0.2) is 4.98 Å². The average molecular weight is 256 g/mol. The smallest absolute Gasteiger partial charge is 0.265 e. The third kappa shape index (κ3) is 3.89. The number of thiazole rings is 1. The molecule has 0 radical (unpaired) electrons. The highest BCUT2D eigenvalue weighted by Gasteiger charge is 2.16. The minimum absolute atomic E-state index is 0.135. The lowest BCUT2D eigenvalue weighted by molar-refractivity contribution is 0.0952. The van der Waals surface area contributed by atoms with Crippen LogP contribution in [0.15, 0.2) is 0 Å². The molecule has 1 amide bonds. The summed E-state index contributed by atoms with van der Waals surface area (Å²) in [7, 11) is 0. The monoisotopic (exact) mass is 256 g/mol. The van der Waals surface area contributed by atoms with Crippen LogP contribution in [-0.2, 0) is 0 Å². The van der Waals surface area contributed by atoms with Crippen molar-refractivity contribution < 1.29 is 4.79 Å². The number of hydrogen-bond donors (Lipinski definition) is 3. The zero-order valence-electron chi connectivity index (χ0n) is 10.5. The van der Waals surface area contributed by atoms with Crippen molar-refractivity contribution in [2.75, 3.05) is 24.1 Å². The molecule has 0 saturated carbocycles. The number of nitrogens with zero attached hydrogens (tertiary/aromatic N) is 1. The zero-order valence-corrected chi connectivity index (χ0v) is 11.4. The van der Waals surface area contributed by atoms with Gasteiger partial charge >= 0.3 is 0 Å². The Hall–Kier alpha value is -1.30. The molecule has 1 aromatic rings. The summed E-state index contributed by atoms with van der Waals surface area (Å²) in [6, 6.07) is 0. The largest absolute Gasteiger partial charge is 0.382 e. The van der Waals surface area contributed by atoms with Crippen molar-refractivity contribution in [2.45, 2.75) is 27.2 Å². The van der Waals surface area contributed by atoms with Gasteiger partial charge in [0.1, 0.15) is 10.7 Å². The molecule has 1 atom stereocenters. The number of nitrogens with one attached hydrogen (secondary N) is 2. The maximum Gasteiger partial charge on any atom is 0.265 e. The second kappa shape index (κ2) is 6.44. The molecule has 0 aliphatic rings. The van der Waals surface area contributed by atoms with Crippen LogP contribution in [0.3, 0.4) is 0 Å². The predicted molar refractivity (Wildman–Crippen MR) is 72.5 cm³/mol. The Morgan fingerprint density at radius 1 is 1.53 bits per heavy atom. The molecule has 0 fully saturated rings. The highest BCUT2D eigenvalue weighted by atomic mass is 32.1. The van der Waals surface area contributed by atoms with Crippen molar-refractivity contribution in [2.24, 2.45) is 5.92 Å². The van der Waals surface area contributed by atoms with Gasteiger partial charge in [0.05, 0.1) is 0 Å². The molecule has 4 N–H and O–H groups in total. The summed E-state index contributed by atoms with van der Waals surface area (Å²) < 4.78 is 0. The number of nitrogen functional groups attached to an aromatic ring is 1. The normalized spacial score (nSPS) is 12.2. The first-order valence-electron chi connectivity index (χ1n) is 5.86. The van der Waals surface area contributed by atoms with E-state index in [0.717, 1.165) is 13.0 Å². The average Bonchev–Trinajstić information content (AvgIpc) is 2.67. The molecule has 1 rings (SSSR count). The Bertz CT molecular complexity index is 378. The van der Waals surface area contributed by atoms with E-state index >= 15 is 0 Å². The highest BCUT2D eigenvalue weighted by molar-refractivity contribution is 7.18. The number of hydrogen-bond acceptors (Lipinski definition) is 5. The third-order valence-corrected chi connectivity index (χ3v) is 3.52. The van der Waals surface area contributed by atoms with E-state index < -0.39 is 0 Å². The van der Waals surface area contributed by atoms with E-state index in [9.17, 15) is 4.79 Å². The van der Waals surface area contributed by atoms with Gasteiger partial charge < -0.3 is 16.4 Å². The van der Waals surface area contributed by atoms with Crippen molar-refractivity contribution in [3.05, 3.63) is 4.88 Å². The second-order valence-electron chi connectivity index (χ2n) is 3.99. The van der Waals surface area contributed by atoms with E-state index in [0.29, 0.717) is 28.3 Å². The number of carbonyl (C=O) groups excluding carboxylic acids is 1. The Morgan fingerprint density at radius 2 is 2.24 bits per heavy atom. The molecule has 1 aromatic heterocycles. The predicted octanol–water partition coefficient (Wildman–Crippen LogP) is 1.93. The first-order valence-corrected chi connectivity index (χ1v) is 6.68. The van der Waals surface area contributed by atoms with E-state index in [2.05, 4.69) is 29.5 Å². The molecule has 17 heavy (non-hydrogen) atoms. The van der Waals surface area contributed by atoms with Gasteiger partial charge in [-0.3, -0.25) is 4.79 Å². The van der Waals surface area contributed by atoms with Gasteiger partial charge in [0.2, 0.25) is 0 Å². The molecule has 96 valence electrons. The quantitative estimate of drug-likeness (QED) is 0.726. The van der Waals surface area contributed by atoms with Crippen LogP contribution in [0.25, 0.3) is 0 Å². The summed E-state index contributed by atoms with van der Waals surface area (Å²) in [6.07, 6.45) is 1.04. The number of carbonyl (C=O) groups is 1. The van der Waals surface area contributed by atoms with Gasteiger partial charge in [-0.1, -0.05) is 31.6 Å². The van der Waals surface area contributed by atoms with Crippen molar-refractivity contribution in [3.63, 3.8) is 0 Å². The van der Waals surface area contributed by atoms with Gasteiger partial charge in [-0.15, -0.1) is 0 Å². The fourth-order valence-electron chi connectivity index (χ4n) is 1.21. The van der Waals surface area contributed by atoms with Gasteiger partial charge in [0, 0.05) is 13.1 Å². The van der Waals surface area contributed by atoms with Crippen LogP contribution in [0.5, 0.6) is 0 Å². The Kier molecular flexibility index (Phi) is 5.21. The van der Waals surface area contributed by atoms with Crippen LogP contribution >= 0.6 is 11.3 Å². The van der Waals surface area contributed by atoms with Crippen LogP contribution in [0.2, 0.25) is 0 Å². The lowest BCUT2D eigenvalue weighted by Gasteiger charge is -2.08. The van der Waals surface area contributed by atoms with Gasteiger partial charge in [0.25, 0.3) is 5.91 Å². The molecule has 5 nitrogen and oxygen atoms in total. The van der Waals surface area contributed by atoms with Crippen molar-refractivity contribution in [1.29, 1.82) is 0 Å². The Morgan fingerprint density at radius 3 is 2.82 bits per heavy atom.